The number of amides is 1. The van der Waals surface area contributed by atoms with E-state index in [1.54, 1.807) is 0 Å². The summed E-state index contributed by atoms with van der Waals surface area (Å²) < 4.78 is 5.50. The van der Waals surface area contributed by atoms with Crippen molar-refractivity contribution in [3.05, 3.63) is 36.5 Å². The molecule has 0 heterocycles. The fourth-order valence-electron chi connectivity index (χ4n) is 13.7. The summed E-state index contributed by atoms with van der Waals surface area (Å²) in [6.07, 6.45) is 108. The third kappa shape index (κ3) is 79.0. The molecule has 0 spiro atoms. The lowest BCUT2D eigenvalue weighted by Gasteiger charge is -2.22. The summed E-state index contributed by atoms with van der Waals surface area (Å²) in [7, 11) is 0. The van der Waals surface area contributed by atoms with Crippen LogP contribution in [0.2, 0.25) is 0 Å². The first kappa shape index (κ1) is 91.1. The molecule has 0 aliphatic rings. The monoisotopic (exact) mass is 1310 g/mol. The number of allylic oxidation sites excluding steroid dienone is 6. The van der Waals surface area contributed by atoms with E-state index in [4.69, 9.17) is 4.74 Å². The van der Waals surface area contributed by atoms with Gasteiger partial charge in [-0.2, -0.15) is 0 Å². The number of ether oxygens (including phenoxy) is 1. The van der Waals surface area contributed by atoms with E-state index in [2.05, 4.69) is 55.6 Å². The number of aliphatic hydroxyl groups is 2. The van der Waals surface area contributed by atoms with E-state index in [1.807, 2.05) is 0 Å². The van der Waals surface area contributed by atoms with Crippen molar-refractivity contribution in [1.82, 2.24) is 5.32 Å². The zero-order chi connectivity index (χ0) is 67.0. The number of rotatable bonds is 81. The molecule has 0 radical (unpaired) electrons. The molecule has 93 heavy (non-hydrogen) atoms. The predicted molar refractivity (Wildman–Crippen MR) is 412 cm³/mol. The van der Waals surface area contributed by atoms with Gasteiger partial charge in [0.15, 0.2) is 0 Å². The first-order valence-electron chi connectivity index (χ1n) is 42.7. The Balaban J connectivity index is 3.33. The van der Waals surface area contributed by atoms with Crippen molar-refractivity contribution in [3.8, 4) is 0 Å². The Labute approximate surface area is 583 Å². The summed E-state index contributed by atoms with van der Waals surface area (Å²) in [6, 6.07) is -0.539. The Morgan fingerprint density at radius 3 is 0.849 bits per heavy atom. The van der Waals surface area contributed by atoms with E-state index >= 15 is 0 Å². The van der Waals surface area contributed by atoms with Crippen molar-refractivity contribution in [1.29, 1.82) is 0 Å². The van der Waals surface area contributed by atoms with Gasteiger partial charge in [0.25, 0.3) is 0 Å². The SMILES string of the molecule is CCCCC/C=C\C/C=C\CCCCCCCC(=O)OCCCCCCCCCCCCCCCCCCCC/C=C\CCCCCCCCCCCCCCCCCCCC(=O)NC(CO)C(O)CCCCCCCCCCCCCCCCCCCCCCCC. The number of nitrogens with one attached hydrogen (secondary N) is 1. The Bertz CT molecular complexity index is 1510. The summed E-state index contributed by atoms with van der Waals surface area (Å²) in [5.74, 6) is -0.0158. The molecule has 0 fully saturated rings. The summed E-state index contributed by atoms with van der Waals surface area (Å²) in [6.45, 7) is 4.97. The topological polar surface area (TPSA) is 95.9 Å². The number of hydrogen-bond acceptors (Lipinski definition) is 5. The largest absolute Gasteiger partial charge is 0.466 e. The van der Waals surface area contributed by atoms with Gasteiger partial charge in [-0.3, -0.25) is 9.59 Å². The lowest BCUT2D eigenvalue weighted by Crippen LogP contribution is -2.45. The summed E-state index contributed by atoms with van der Waals surface area (Å²) in [4.78, 5) is 24.7. The van der Waals surface area contributed by atoms with Crippen LogP contribution in [0.3, 0.4) is 0 Å². The van der Waals surface area contributed by atoms with Crippen molar-refractivity contribution in [2.24, 2.45) is 0 Å². The van der Waals surface area contributed by atoms with E-state index in [0.29, 0.717) is 25.9 Å². The highest BCUT2D eigenvalue weighted by atomic mass is 16.5. The Morgan fingerprint density at radius 1 is 0.301 bits per heavy atom. The zero-order valence-corrected chi connectivity index (χ0v) is 63.3. The van der Waals surface area contributed by atoms with E-state index in [0.717, 1.165) is 51.4 Å². The zero-order valence-electron chi connectivity index (χ0n) is 63.3. The summed E-state index contributed by atoms with van der Waals surface area (Å²) in [5, 5.41) is 23.5. The average Bonchev–Trinajstić information content (AvgIpc) is 3.78. The number of carbonyl (C=O) groups is 2. The molecule has 0 rings (SSSR count). The third-order valence-corrected chi connectivity index (χ3v) is 20.2. The Hall–Kier alpha value is -1.92. The van der Waals surface area contributed by atoms with Crippen molar-refractivity contribution in [2.45, 2.75) is 495 Å². The van der Waals surface area contributed by atoms with Gasteiger partial charge in [0.1, 0.15) is 0 Å². The molecule has 0 saturated heterocycles. The molecule has 3 N–H and O–H groups in total. The van der Waals surface area contributed by atoms with E-state index in [-0.39, 0.29) is 18.5 Å². The van der Waals surface area contributed by atoms with E-state index < -0.39 is 12.1 Å². The van der Waals surface area contributed by atoms with Gasteiger partial charge in [0.05, 0.1) is 25.4 Å². The molecule has 0 saturated carbocycles. The van der Waals surface area contributed by atoms with Gasteiger partial charge in [-0.05, 0) is 83.5 Å². The first-order chi connectivity index (χ1) is 46.0. The van der Waals surface area contributed by atoms with Crippen molar-refractivity contribution in [2.75, 3.05) is 13.2 Å². The number of hydrogen-bond donors (Lipinski definition) is 3. The Kier molecular flexibility index (Phi) is 80.8. The van der Waals surface area contributed by atoms with Crippen LogP contribution in [-0.4, -0.2) is 47.4 Å². The molecule has 0 aliphatic carbocycles. The van der Waals surface area contributed by atoms with Gasteiger partial charge in [-0.1, -0.05) is 423 Å². The molecule has 2 atom stereocenters. The molecular formula is C87H167NO5. The standard InChI is InChI=1S/C87H167NO5/c1-3-5-7-9-11-13-15-17-19-20-21-22-42-45-48-52-55-59-63-67-71-75-79-85(90)84(83-89)88-86(91)80-76-72-68-64-60-56-53-49-46-43-40-38-36-34-32-30-28-26-24-23-25-27-29-31-33-35-37-39-41-44-47-50-54-58-62-66-70-74-78-82-93-87(92)81-77-73-69-65-61-57-51-18-16-14-12-10-8-6-4-2/h12,14,18,23-24,51,84-85,89-90H,3-11,13,15-17,19-22,25-50,52-83H2,1-2H3,(H,88,91)/b14-12-,24-23-,51-18-. The van der Waals surface area contributed by atoms with Crippen LogP contribution in [0.15, 0.2) is 36.5 Å². The highest BCUT2D eigenvalue weighted by molar-refractivity contribution is 5.76. The second-order valence-corrected chi connectivity index (χ2v) is 29.5. The molecule has 6 nitrogen and oxygen atoms in total. The fourth-order valence-corrected chi connectivity index (χ4v) is 13.7. The third-order valence-electron chi connectivity index (χ3n) is 20.2. The van der Waals surface area contributed by atoms with Crippen LogP contribution in [0, 0.1) is 0 Å². The molecule has 0 aromatic carbocycles. The van der Waals surface area contributed by atoms with Gasteiger partial charge in [-0.15, -0.1) is 0 Å². The van der Waals surface area contributed by atoms with Gasteiger partial charge in [-0.25, -0.2) is 0 Å². The second-order valence-electron chi connectivity index (χ2n) is 29.5. The van der Waals surface area contributed by atoms with Crippen molar-refractivity contribution >= 4 is 11.9 Å². The molecule has 0 bridgehead atoms. The second kappa shape index (κ2) is 82.5. The maximum absolute atomic E-state index is 12.6. The average molecular weight is 1310 g/mol. The molecule has 0 aliphatic heterocycles. The van der Waals surface area contributed by atoms with Crippen molar-refractivity contribution < 1.29 is 24.5 Å². The predicted octanol–water partition coefficient (Wildman–Crippen LogP) is 28.6. The number of unbranched alkanes of at least 4 members (excludes halogenated alkanes) is 64. The summed E-state index contributed by atoms with van der Waals surface area (Å²) >= 11 is 0. The smallest absolute Gasteiger partial charge is 0.305 e. The molecule has 2 unspecified atom stereocenters. The molecule has 0 aromatic heterocycles. The molecule has 0 aromatic rings. The maximum atomic E-state index is 12.6. The van der Waals surface area contributed by atoms with Crippen LogP contribution in [0.5, 0.6) is 0 Å². The Morgan fingerprint density at radius 2 is 0.538 bits per heavy atom. The van der Waals surface area contributed by atoms with Crippen LogP contribution >= 0.6 is 0 Å². The molecule has 6 heteroatoms. The molecule has 550 valence electrons. The van der Waals surface area contributed by atoms with E-state index in [1.165, 1.54) is 398 Å². The lowest BCUT2D eigenvalue weighted by molar-refractivity contribution is -0.143. The van der Waals surface area contributed by atoms with Gasteiger partial charge in [0, 0.05) is 12.8 Å². The minimum atomic E-state index is -0.663. The van der Waals surface area contributed by atoms with Gasteiger partial charge >= 0.3 is 5.97 Å². The highest BCUT2D eigenvalue weighted by Gasteiger charge is 2.20. The number of carbonyl (C=O) groups excluding carboxylic acids is 2. The van der Waals surface area contributed by atoms with Crippen LogP contribution in [-0.2, 0) is 14.3 Å². The lowest BCUT2D eigenvalue weighted by atomic mass is 10.0. The normalized spacial score (nSPS) is 12.6. The van der Waals surface area contributed by atoms with Gasteiger partial charge in [0.2, 0.25) is 5.91 Å². The molecule has 1 amide bonds. The number of aliphatic hydroxyl groups excluding tert-OH is 2. The van der Waals surface area contributed by atoms with E-state index in [9.17, 15) is 19.8 Å². The first-order valence-corrected chi connectivity index (χ1v) is 42.7. The summed E-state index contributed by atoms with van der Waals surface area (Å²) in [5.41, 5.74) is 0. The minimum Gasteiger partial charge on any atom is -0.466 e. The quantitative estimate of drug-likeness (QED) is 0.0320. The molecular weight excluding hydrogens is 1140 g/mol. The highest BCUT2D eigenvalue weighted by Crippen LogP contribution is 2.21. The fraction of sp³-hybridized carbons (Fsp3) is 0.908. The maximum Gasteiger partial charge on any atom is 0.305 e. The van der Waals surface area contributed by atoms with Gasteiger partial charge < -0.3 is 20.3 Å². The van der Waals surface area contributed by atoms with Crippen LogP contribution in [0.25, 0.3) is 0 Å². The van der Waals surface area contributed by atoms with Crippen LogP contribution in [0.4, 0.5) is 0 Å². The minimum absolute atomic E-state index is 0.00917. The van der Waals surface area contributed by atoms with Crippen molar-refractivity contribution in [3.63, 3.8) is 0 Å². The van der Waals surface area contributed by atoms with Crippen LogP contribution < -0.4 is 5.32 Å². The number of esters is 1. The van der Waals surface area contributed by atoms with Crippen LogP contribution in [0.1, 0.15) is 483 Å².